The molecule has 0 aromatic heterocycles. The average molecular weight is 471 g/mol. The van der Waals surface area contributed by atoms with Crippen LogP contribution in [0.15, 0.2) is 60.7 Å². The maximum Gasteiger partial charge on any atom is 0.186 e. The number of benzene rings is 3. The third-order valence-electron chi connectivity index (χ3n) is 6.09. The van der Waals surface area contributed by atoms with Gasteiger partial charge in [0.15, 0.2) is 29.6 Å². The van der Waals surface area contributed by atoms with Gasteiger partial charge in [0.25, 0.3) is 0 Å². The van der Waals surface area contributed by atoms with Gasteiger partial charge in [0.05, 0.1) is 13.2 Å². The third-order valence-corrected chi connectivity index (χ3v) is 6.09. The van der Waals surface area contributed by atoms with Gasteiger partial charge in [-0.3, -0.25) is 0 Å². The topological polar surface area (TPSA) is 18.5 Å². The minimum Gasteiger partial charge on any atom is -0.348 e. The highest BCUT2D eigenvalue weighted by Gasteiger charge is 2.27. The first kappa shape index (κ1) is 24.2. The van der Waals surface area contributed by atoms with Crippen molar-refractivity contribution in [2.24, 2.45) is 5.92 Å². The molecule has 1 aliphatic rings. The molecule has 3 aromatic rings. The summed E-state index contributed by atoms with van der Waals surface area (Å²) in [4.78, 5) is 0. The lowest BCUT2D eigenvalue weighted by Gasteiger charge is -2.29. The lowest BCUT2D eigenvalue weighted by molar-refractivity contribution is -0.207. The van der Waals surface area contributed by atoms with Gasteiger partial charge >= 0.3 is 0 Å². The average Bonchev–Trinajstić information content (AvgIpc) is 2.85. The van der Waals surface area contributed by atoms with Crippen LogP contribution >= 0.6 is 0 Å². The van der Waals surface area contributed by atoms with Gasteiger partial charge in [0, 0.05) is 22.6 Å². The summed E-state index contributed by atoms with van der Waals surface area (Å²) in [6.07, 6.45) is 4.93. The van der Waals surface area contributed by atoms with E-state index >= 15 is 0 Å². The largest absolute Gasteiger partial charge is 0.348 e. The van der Waals surface area contributed by atoms with Gasteiger partial charge in [-0.2, -0.15) is 0 Å². The Morgan fingerprint density at radius 1 is 0.765 bits per heavy atom. The summed E-state index contributed by atoms with van der Waals surface area (Å²) in [7, 11) is 0. The van der Waals surface area contributed by atoms with E-state index in [-0.39, 0.29) is 28.2 Å². The van der Waals surface area contributed by atoms with Gasteiger partial charge in [-0.1, -0.05) is 60.7 Å². The zero-order valence-electron chi connectivity index (χ0n) is 19.1. The Labute approximate surface area is 196 Å². The maximum absolute atomic E-state index is 15.0. The van der Waals surface area contributed by atoms with Crippen molar-refractivity contribution in [1.82, 2.24) is 0 Å². The summed E-state index contributed by atoms with van der Waals surface area (Å²) in [6, 6.07) is 12.1. The van der Waals surface area contributed by atoms with Gasteiger partial charge in [-0.15, -0.1) is 0 Å². The molecule has 178 valence electrons. The fraction of sp³-hybridized carbons (Fsp3) is 0.286. The Kier molecular flexibility index (Phi) is 7.49. The quantitative estimate of drug-likeness (QED) is 0.269. The monoisotopic (exact) mass is 470 g/mol. The first-order chi connectivity index (χ1) is 16.4. The molecule has 1 heterocycles. The summed E-state index contributed by atoms with van der Waals surface area (Å²) in [5.74, 6) is -3.66. The number of allylic oxidation sites excluding steroid dienone is 2. The van der Waals surface area contributed by atoms with Crippen molar-refractivity contribution in [3.8, 4) is 22.3 Å². The smallest absolute Gasteiger partial charge is 0.186 e. The van der Waals surface area contributed by atoms with Gasteiger partial charge < -0.3 is 9.47 Å². The lowest BCUT2D eigenvalue weighted by atomic mass is 9.97. The molecule has 1 fully saturated rings. The Hall–Kier alpha value is -2.96. The van der Waals surface area contributed by atoms with Crippen LogP contribution < -0.4 is 0 Å². The molecule has 0 unspecified atom stereocenters. The minimum atomic E-state index is -1.02. The van der Waals surface area contributed by atoms with E-state index in [9.17, 15) is 17.6 Å². The van der Waals surface area contributed by atoms with Gasteiger partial charge in [-0.25, -0.2) is 17.6 Å². The van der Waals surface area contributed by atoms with Gasteiger partial charge in [-0.05, 0) is 43.4 Å². The summed E-state index contributed by atoms with van der Waals surface area (Å²) in [6.45, 7) is 4.29. The highest BCUT2D eigenvalue weighted by molar-refractivity contribution is 5.71. The molecule has 0 bridgehead atoms. The summed E-state index contributed by atoms with van der Waals surface area (Å²) in [5.41, 5.74) is 1.24. The number of rotatable bonds is 6. The molecule has 0 spiro atoms. The fourth-order valence-electron chi connectivity index (χ4n) is 4.06. The number of ether oxygens (including phenoxy) is 2. The van der Waals surface area contributed by atoms with Crippen LogP contribution in [0.25, 0.3) is 22.3 Å². The number of hydrogen-bond donors (Lipinski definition) is 0. The van der Waals surface area contributed by atoms with E-state index in [0.717, 1.165) is 12.8 Å². The second-order valence-corrected chi connectivity index (χ2v) is 8.48. The van der Waals surface area contributed by atoms with E-state index < -0.39 is 29.6 Å². The van der Waals surface area contributed by atoms with Crippen LogP contribution in [-0.4, -0.2) is 13.2 Å². The summed E-state index contributed by atoms with van der Waals surface area (Å²) in [5, 5.41) is 0. The predicted molar refractivity (Wildman–Crippen MR) is 124 cm³/mol. The standard InChI is InChI=1S/C28H26F4O2/c1-3-4-5-6-18-15-33-28(34-16-18)23-14-13-22(26(31)27(23)32)20-10-8-19(9-11-20)21-12-7-17(2)24(29)25(21)30/h3-4,7-14,18,28H,5-6,15-16H2,1-2H3. The fourth-order valence-corrected chi connectivity index (χ4v) is 4.06. The van der Waals surface area contributed by atoms with Crippen LogP contribution in [0.3, 0.4) is 0 Å². The summed E-state index contributed by atoms with van der Waals surface area (Å²) < 4.78 is 69.4. The van der Waals surface area contributed by atoms with Crippen molar-refractivity contribution >= 4 is 0 Å². The molecule has 0 radical (unpaired) electrons. The maximum atomic E-state index is 15.0. The van der Waals surface area contributed by atoms with E-state index in [1.807, 2.05) is 13.0 Å². The predicted octanol–water partition coefficient (Wildman–Crippen LogP) is 7.90. The van der Waals surface area contributed by atoms with Crippen LogP contribution in [0.5, 0.6) is 0 Å². The molecule has 34 heavy (non-hydrogen) atoms. The zero-order valence-corrected chi connectivity index (χ0v) is 19.1. The molecule has 0 N–H and O–H groups in total. The molecule has 4 rings (SSSR count). The molecule has 0 amide bonds. The van der Waals surface area contributed by atoms with Crippen molar-refractivity contribution in [1.29, 1.82) is 0 Å². The van der Waals surface area contributed by atoms with E-state index in [2.05, 4.69) is 6.08 Å². The highest BCUT2D eigenvalue weighted by Crippen LogP contribution is 2.34. The molecule has 6 heteroatoms. The molecule has 0 saturated carbocycles. The third kappa shape index (κ3) is 4.93. The molecular weight excluding hydrogens is 444 g/mol. The normalized spacial score (nSPS) is 18.5. The van der Waals surface area contributed by atoms with Crippen molar-refractivity contribution < 1.29 is 27.0 Å². The number of hydrogen-bond acceptors (Lipinski definition) is 2. The molecule has 1 saturated heterocycles. The number of halogens is 4. The molecule has 0 aliphatic carbocycles. The Morgan fingerprint density at radius 2 is 1.32 bits per heavy atom. The SMILES string of the molecule is CC=CCCC1COC(c2ccc(-c3ccc(-c4ccc(C)c(F)c4F)cc3)c(F)c2F)OC1. The van der Waals surface area contributed by atoms with Crippen LogP contribution in [0.2, 0.25) is 0 Å². The Morgan fingerprint density at radius 3 is 1.91 bits per heavy atom. The van der Waals surface area contributed by atoms with E-state index in [1.54, 1.807) is 24.3 Å². The molecule has 0 atom stereocenters. The second kappa shape index (κ2) is 10.5. The first-order valence-electron chi connectivity index (χ1n) is 11.3. The first-order valence-corrected chi connectivity index (χ1v) is 11.3. The van der Waals surface area contributed by atoms with Crippen molar-refractivity contribution in [3.63, 3.8) is 0 Å². The molecular formula is C28H26F4O2. The highest BCUT2D eigenvalue weighted by atomic mass is 19.2. The van der Waals surface area contributed by atoms with Gasteiger partial charge in [0.1, 0.15) is 0 Å². The van der Waals surface area contributed by atoms with E-state index in [4.69, 9.17) is 9.47 Å². The van der Waals surface area contributed by atoms with Crippen LogP contribution in [0.4, 0.5) is 17.6 Å². The Bertz CT molecular complexity index is 1180. The van der Waals surface area contributed by atoms with Crippen molar-refractivity contribution in [2.75, 3.05) is 13.2 Å². The second-order valence-electron chi connectivity index (χ2n) is 8.48. The minimum absolute atomic E-state index is 0.0157. The van der Waals surface area contributed by atoms with Crippen LogP contribution in [0.1, 0.15) is 37.2 Å². The Balaban J connectivity index is 1.51. The molecule has 3 aromatic carbocycles. The summed E-state index contributed by atoms with van der Waals surface area (Å²) >= 11 is 0. The van der Waals surface area contributed by atoms with Crippen LogP contribution in [-0.2, 0) is 9.47 Å². The van der Waals surface area contributed by atoms with E-state index in [0.29, 0.717) is 24.3 Å². The lowest BCUT2D eigenvalue weighted by Crippen LogP contribution is -2.27. The zero-order chi connectivity index (χ0) is 24.2. The van der Waals surface area contributed by atoms with Crippen molar-refractivity contribution in [3.05, 3.63) is 95.1 Å². The molecule has 1 aliphatic heterocycles. The number of aryl methyl sites for hydroxylation is 1. The van der Waals surface area contributed by atoms with Crippen LogP contribution in [0, 0.1) is 36.1 Å². The van der Waals surface area contributed by atoms with E-state index in [1.165, 1.54) is 31.2 Å². The molecule has 2 nitrogen and oxygen atoms in total. The van der Waals surface area contributed by atoms with Gasteiger partial charge in [0.2, 0.25) is 0 Å². The van der Waals surface area contributed by atoms with Crippen molar-refractivity contribution in [2.45, 2.75) is 33.0 Å².